The van der Waals surface area contributed by atoms with Crippen LogP contribution >= 0.6 is 0 Å². The van der Waals surface area contributed by atoms with Gasteiger partial charge in [0.2, 0.25) is 0 Å². The van der Waals surface area contributed by atoms with Gasteiger partial charge in [-0.25, -0.2) is 14.4 Å². The lowest BCUT2D eigenvalue weighted by atomic mass is 10.2. The number of carbonyl (C=O) groups is 1. The van der Waals surface area contributed by atoms with Crippen LogP contribution in [0.3, 0.4) is 0 Å². The van der Waals surface area contributed by atoms with E-state index in [0.29, 0.717) is 22.9 Å². The molecule has 0 saturated carbocycles. The minimum Gasteiger partial charge on any atom is -0.338 e. The third-order valence-corrected chi connectivity index (χ3v) is 3.46. The van der Waals surface area contributed by atoms with Crippen molar-refractivity contribution in [3.05, 3.63) is 77.5 Å². The number of anilines is 3. The second kappa shape index (κ2) is 7.40. The van der Waals surface area contributed by atoms with E-state index in [-0.39, 0.29) is 11.4 Å². The summed E-state index contributed by atoms with van der Waals surface area (Å²) < 4.78 is 13.8. The molecule has 7 heteroatoms. The number of benzene rings is 2. The van der Waals surface area contributed by atoms with Crippen LogP contribution in [-0.2, 0) is 0 Å². The first-order valence-electron chi connectivity index (χ1n) is 7.74. The molecular weight excluding hydrogens is 333 g/mol. The molecule has 2 N–H and O–H groups in total. The second-order valence-electron chi connectivity index (χ2n) is 5.44. The number of rotatable bonds is 4. The van der Waals surface area contributed by atoms with Gasteiger partial charge in [-0.05, 0) is 37.3 Å². The van der Waals surface area contributed by atoms with E-state index in [1.54, 1.807) is 49.4 Å². The fraction of sp³-hybridized carbons (Fsp3) is 0.0526. The number of nitriles is 1. The maximum absolute atomic E-state index is 13.8. The van der Waals surface area contributed by atoms with Gasteiger partial charge >= 0.3 is 0 Å². The van der Waals surface area contributed by atoms with Crippen molar-refractivity contribution in [3.8, 4) is 6.07 Å². The summed E-state index contributed by atoms with van der Waals surface area (Å²) in [6.07, 6.45) is 0. The standard InChI is InChI=1S/C19H14FN5O/c1-12-22-17(19(26)24-14-6-4-5-13(9-14)11-21)10-18(23-12)25-16-8-3-2-7-15(16)20/h2-10H,1H3,(H,24,26)(H,22,23,25). The van der Waals surface area contributed by atoms with E-state index in [1.165, 1.54) is 12.1 Å². The van der Waals surface area contributed by atoms with E-state index in [9.17, 15) is 9.18 Å². The lowest BCUT2D eigenvalue weighted by Crippen LogP contribution is -2.15. The zero-order chi connectivity index (χ0) is 18.5. The van der Waals surface area contributed by atoms with Gasteiger partial charge in [-0.15, -0.1) is 0 Å². The van der Waals surface area contributed by atoms with Crippen LogP contribution in [0.4, 0.5) is 21.6 Å². The van der Waals surface area contributed by atoms with Crippen LogP contribution in [0.2, 0.25) is 0 Å². The molecule has 2 aromatic carbocycles. The average molecular weight is 347 g/mol. The quantitative estimate of drug-likeness (QED) is 0.749. The molecule has 0 radical (unpaired) electrons. The number of para-hydroxylation sites is 1. The molecule has 0 bridgehead atoms. The Morgan fingerprint density at radius 3 is 2.69 bits per heavy atom. The topological polar surface area (TPSA) is 90.7 Å². The Morgan fingerprint density at radius 1 is 1.12 bits per heavy atom. The van der Waals surface area contributed by atoms with Gasteiger partial charge < -0.3 is 10.6 Å². The Morgan fingerprint density at radius 2 is 1.92 bits per heavy atom. The summed E-state index contributed by atoms with van der Waals surface area (Å²) in [5.74, 6) is -0.217. The molecule has 1 heterocycles. The monoisotopic (exact) mass is 347 g/mol. The lowest BCUT2D eigenvalue weighted by molar-refractivity contribution is 0.102. The summed E-state index contributed by atoms with van der Waals surface area (Å²) >= 11 is 0. The molecule has 3 aromatic rings. The van der Waals surface area contributed by atoms with Crippen molar-refractivity contribution in [3.63, 3.8) is 0 Å². The van der Waals surface area contributed by atoms with Crippen molar-refractivity contribution in [2.75, 3.05) is 10.6 Å². The fourth-order valence-corrected chi connectivity index (χ4v) is 2.31. The molecule has 0 saturated heterocycles. The van der Waals surface area contributed by atoms with Crippen molar-refractivity contribution in [2.24, 2.45) is 0 Å². The fourth-order valence-electron chi connectivity index (χ4n) is 2.31. The molecule has 0 atom stereocenters. The minimum absolute atomic E-state index is 0.124. The number of halogens is 1. The lowest BCUT2D eigenvalue weighted by Gasteiger charge is -2.10. The number of carbonyl (C=O) groups excluding carboxylic acids is 1. The van der Waals surface area contributed by atoms with E-state index in [2.05, 4.69) is 20.6 Å². The molecule has 0 spiro atoms. The van der Waals surface area contributed by atoms with E-state index in [0.717, 1.165) is 0 Å². The summed E-state index contributed by atoms with van der Waals surface area (Å²) in [7, 11) is 0. The van der Waals surface area contributed by atoms with Crippen LogP contribution in [0.5, 0.6) is 0 Å². The highest BCUT2D eigenvalue weighted by atomic mass is 19.1. The third kappa shape index (κ3) is 3.99. The van der Waals surface area contributed by atoms with Crippen molar-refractivity contribution >= 4 is 23.1 Å². The Balaban J connectivity index is 1.83. The number of nitrogens with one attached hydrogen (secondary N) is 2. The second-order valence-corrected chi connectivity index (χ2v) is 5.44. The van der Waals surface area contributed by atoms with Crippen LogP contribution in [0.15, 0.2) is 54.6 Å². The van der Waals surface area contributed by atoms with Gasteiger partial charge in [0.15, 0.2) is 0 Å². The van der Waals surface area contributed by atoms with E-state index in [4.69, 9.17) is 5.26 Å². The number of aryl methyl sites for hydroxylation is 1. The highest BCUT2D eigenvalue weighted by Crippen LogP contribution is 2.19. The SMILES string of the molecule is Cc1nc(Nc2ccccc2F)cc(C(=O)Nc2cccc(C#N)c2)n1. The normalized spacial score (nSPS) is 10.0. The van der Waals surface area contributed by atoms with Gasteiger partial charge in [0, 0.05) is 11.8 Å². The zero-order valence-corrected chi connectivity index (χ0v) is 13.8. The van der Waals surface area contributed by atoms with Crippen LogP contribution in [0, 0.1) is 24.1 Å². The molecule has 3 rings (SSSR count). The van der Waals surface area contributed by atoms with Crippen LogP contribution in [-0.4, -0.2) is 15.9 Å². The third-order valence-electron chi connectivity index (χ3n) is 3.46. The van der Waals surface area contributed by atoms with Gasteiger partial charge in [0.05, 0.1) is 17.3 Å². The minimum atomic E-state index is -0.456. The molecule has 0 aliphatic heterocycles. The predicted molar refractivity (Wildman–Crippen MR) is 95.6 cm³/mol. The van der Waals surface area contributed by atoms with Crippen LogP contribution < -0.4 is 10.6 Å². The van der Waals surface area contributed by atoms with Gasteiger partial charge in [-0.3, -0.25) is 4.79 Å². The molecule has 0 fully saturated rings. The summed E-state index contributed by atoms with van der Waals surface area (Å²) in [5.41, 5.74) is 1.29. The molecule has 26 heavy (non-hydrogen) atoms. The molecule has 0 unspecified atom stereocenters. The van der Waals surface area contributed by atoms with Crippen LogP contribution in [0.1, 0.15) is 21.9 Å². The van der Waals surface area contributed by atoms with Crippen LogP contribution in [0.25, 0.3) is 0 Å². The molecule has 0 aliphatic rings. The maximum Gasteiger partial charge on any atom is 0.274 e. The maximum atomic E-state index is 13.8. The highest BCUT2D eigenvalue weighted by Gasteiger charge is 2.12. The van der Waals surface area contributed by atoms with E-state index >= 15 is 0 Å². The van der Waals surface area contributed by atoms with Gasteiger partial charge in [0.1, 0.15) is 23.2 Å². The van der Waals surface area contributed by atoms with Gasteiger partial charge in [-0.1, -0.05) is 18.2 Å². The number of hydrogen-bond donors (Lipinski definition) is 2. The average Bonchev–Trinajstić information content (AvgIpc) is 2.63. The van der Waals surface area contributed by atoms with Crippen molar-refractivity contribution in [1.82, 2.24) is 9.97 Å². The Bertz CT molecular complexity index is 1010. The number of amides is 1. The summed E-state index contributed by atoms with van der Waals surface area (Å²) in [6, 6.07) is 16.2. The van der Waals surface area contributed by atoms with Gasteiger partial charge in [-0.2, -0.15) is 5.26 Å². The Hall–Kier alpha value is -3.79. The molecule has 1 amide bonds. The number of hydrogen-bond acceptors (Lipinski definition) is 5. The predicted octanol–water partition coefficient (Wildman–Crippen LogP) is 3.79. The molecule has 128 valence electrons. The molecule has 6 nitrogen and oxygen atoms in total. The first-order valence-corrected chi connectivity index (χ1v) is 7.74. The molecular formula is C19H14FN5O. The van der Waals surface area contributed by atoms with Crippen molar-refractivity contribution in [1.29, 1.82) is 5.26 Å². The zero-order valence-electron chi connectivity index (χ0n) is 13.8. The Kier molecular flexibility index (Phi) is 4.85. The van der Waals surface area contributed by atoms with E-state index < -0.39 is 11.7 Å². The summed E-state index contributed by atoms with van der Waals surface area (Å²) in [5, 5.41) is 14.4. The first-order chi connectivity index (χ1) is 12.5. The van der Waals surface area contributed by atoms with Crippen molar-refractivity contribution in [2.45, 2.75) is 6.92 Å². The summed E-state index contributed by atoms with van der Waals surface area (Å²) in [6.45, 7) is 1.64. The van der Waals surface area contributed by atoms with E-state index in [1.807, 2.05) is 6.07 Å². The Labute approximate surface area is 149 Å². The van der Waals surface area contributed by atoms with Gasteiger partial charge in [0.25, 0.3) is 5.91 Å². The number of aromatic nitrogens is 2. The first kappa shape index (κ1) is 17.0. The number of nitrogens with zero attached hydrogens (tertiary/aromatic N) is 3. The smallest absolute Gasteiger partial charge is 0.274 e. The van der Waals surface area contributed by atoms with Crippen molar-refractivity contribution < 1.29 is 9.18 Å². The molecule has 0 aliphatic carbocycles. The molecule has 1 aromatic heterocycles. The largest absolute Gasteiger partial charge is 0.338 e. The summed E-state index contributed by atoms with van der Waals surface area (Å²) in [4.78, 5) is 20.7. The highest BCUT2D eigenvalue weighted by molar-refractivity contribution is 6.03.